The Labute approximate surface area is 125 Å². The third kappa shape index (κ3) is 5.84. The zero-order valence-corrected chi connectivity index (χ0v) is 13.9. The first-order valence-corrected chi connectivity index (χ1v) is 8.07. The molecule has 0 radical (unpaired) electrons. The Balaban J connectivity index is 2.91. The fraction of sp³-hybridized carbons (Fsp3) is 0.692. The molecule has 0 amide bonds. The predicted octanol–water partition coefficient (Wildman–Crippen LogP) is 1.46. The van der Waals surface area contributed by atoms with E-state index < -0.39 is 21.5 Å². The Kier molecular flexibility index (Phi) is 4.84. The average Bonchev–Trinajstić information content (AvgIpc) is 2.59. The van der Waals surface area contributed by atoms with E-state index in [1.54, 1.807) is 0 Å². The van der Waals surface area contributed by atoms with Gasteiger partial charge in [0.1, 0.15) is 11.4 Å². The van der Waals surface area contributed by atoms with Crippen LogP contribution in [0.5, 0.6) is 0 Å². The zero-order chi connectivity index (χ0) is 16.5. The second-order valence-corrected chi connectivity index (χ2v) is 8.68. The number of nitrogens with one attached hydrogen (secondary N) is 1. The number of hydrogen-bond acceptors (Lipinski definition) is 4. The largest absolute Gasteiger partial charge is 0.480 e. The molecule has 120 valence electrons. The number of rotatable bonds is 6. The van der Waals surface area contributed by atoms with Crippen LogP contribution in [-0.4, -0.2) is 34.8 Å². The van der Waals surface area contributed by atoms with Gasteiger partial charge in [0, 0.05) is 11.7 Å². The number of carboxylic acid groups (broad SMARTS) is 1. The van der Waals surface area contributed by atoms with Crippen LogP contribution in [0, 0.1) is 5.41 Å². The van der Waals surface area contributed by atoms with Gasteiger partial charge in [-0.1, -0.05) is 20.8 Å². The lowest BCUT2D eigenvalue weighted by atomic mass is 9.82. The van der Waals surface area contributed by atoms with Gasteiger partial charge in [-0.05, 0) is 25.7 Å². The molecule has 1 rings (SSSR count). The molecule has 1 aromatic rings. The van der Waals surface area contributed by atoms with Crippen molar-refractivity contribution < 1.29 is 18.3 Å². The van der Waals surface area contributed by atoms with E-state index in [9.17, 15) is 13.2 Å². The zero-order valence-electron chi connectivity index (χ0n) is 13.0. The van der Waals surface area contributed by atoms with Crippen molar-refractivity contribution in [3.8, 4) is 0 Å². The molecule has 0 aliphatic rings. The lowest BCUT2D eigenvalue weighted by molar-refractivity contribution is -0.137. The Morgan fingerprint density at radius 3 is 2.38 bits per heavy atom. The third-order valence-electron chi connectivity index (χ3n) is 2.60. The number of aliphatic carboxylic acids is 1. The first kappa shape index (κ1) is 17.6. The van der Waals surface area contributed by atoms with Crippen LogP contribution in [0.3, 0.4) is 0 Å². The minimum absolute atomic E-state index is 0.0283. The summed E-state index contributed by atoms with van der Waals surface area (Å²) in [5.41, 5.74) is -0.647. The summed E-state index contributed by atoms with van der Waals surface area (Å²) in [6.45, 7) is 9.37. The molecule has 0 aliphatic heterocycles. The quantitative estimate of drug-likeness (QED) is 0.827. The van der Waals surface area contributed by atoms with Crippen LogP contribution in [0.25, 0.3) is 0 Å². The maximum Gasteiger partial charge on any atom is 0.325 e. The van der Waals surface area contributed by atoms with Gasteiger partial charge in [-0.25, -0.2) is 13.1 Å². The van der Waals surface area contributed by atoms with Gasteiger partial charge in [-0.2, -0.15) is 5.10 Å². The highest BCUT2D eigenvalue weighted by Gasteiger charge is 2.31. The predicted molar refractivity (Wildman–Crippen MR) is 78.3 cm³/mol. The first-order valence-electron chi connectivity index (χ1n) is 6.59. The Bertz CT molecular complexity index is 612. The van der Waals surface area contributed by atoms with Crippen LogP contribution < -0.4 is 4.72 Å². The molecular weight excluding hydrogens is 294 g/mol. The minimum atomic E-state index is -3.73. The van der Waals surface area contributed by atoms with E-state index in [1.807, 2.05) is 34.6 Å². The topological polar surface area (TPSA) is 101 Å². The monoisotopic (exact) mass is 317 g/mol. The summed E-state index contributed by atoms with van der Waals surface area (Å²) in [6.07, 6.45) is 3.02. The molecule has 0 atom stereocenters. The number of aromatic nitrogens is 2. The van der Waals surface area contributed by atoms with E-state index in [1.165, 1.54) is 6.20 Å². The van der Waals surface area contributed by atoms with Crippen molar-refractivity contribution in [1.29, 1.82) is 0 Å². The molecule has 1 aromatic heterocycles. The fourth-order valence-corrected chi connectivity index (χ4v) is 3.86. The molecule has 0 saturated heterocycles. The standard InChI is InChI=1S/C13H23N3O4S/c1-12(2,3)9-13(4,5)15-21(19,20)10-6-14-16(7-10)8-11(17)18/h6-7,15H,8-9H2,1-5H3,(H,17,18). The number of hydrogen-bond donors (Lipinski definition) is 2. The smallest absolute Gasteiger partial charge is 0.325 e. The van der Waals surface area contributed by atoms with Crippen LogP contribution in [0.1, 0.15) is 41.0 Å². The Morgan fingerprint density at radius 1 is 1.33 bits per heavy atom. The Hall–Kier alpha value is -1.41. The average molecular weight is 317 g/mol. The summed E-state index contributed by atoms with van der Waals surface area (Å²) in [5, 5.41) is 12.4. The Morgan fingerprint density at radius 2 is 1.90 bits per heavy atom. The van der Waals surface area contributed by atoms with Crippen LogP contribution in [0.15, 0.2) is 17.3 Å². The van der Waals surface area contributed by atoms with E-state index in [-0.39, 0.29) is 16.9 Å². The van der Waals surface area contributed by atoms with Crippen molar-refractivity contribution in [2.45, 2.75) is 58.0 Å². The SMILES string of the molecule is CC(C)(C)CC(C)(C)NS(=O)(=O)c1cnn(CC(=O)O)c1. The van der Waals surface area contributed by atoms with Crippen molar-refractivity contribution in [2.24, 2.45) is 5.41 Å². The lowest BCUT2D eigenvalue weighted by Gasteiger charge is -2.32. The van der Waals surface area contributed by atoms with Crippen molar-refractivity contribution >= 4 is 16.0 Å². The molecule has 21 heavy (non-hydrogen) atoms. The van der Waals surface area contributed by atoms with E-state index >= 15 is 0 Å². The molecule has 7 nitrogen and oxygen atoms in total. The molecule has 0 fully saturated rings. The molecule has 0 aromatic carbocycles. The summed E-state index contributed by atoms with van der Waals surface area (Å²) in [6, 6.07) is 0. The van der Waals surface area contributed by atoms with Crippen molar-refractivity contribution in [1.82, 2.24) is 14.5 Å². The number of sulfonamides is 1. The van der Waals surface area contributed by atoms with Gasteiger partial charge in [0.15, 0.2) is 0 Å². The maximum absolute atomic E-state index is 12.3. The summed E-state index contributed by atoms with van der Waals surface area (Å²) in [7, 11) is -3.73. The highest BCUT2D eigenvalue weighted by atomic mass is 32.2. The molecule has 0 spiro atoms. The van der Waals surface area contributed by atoms with Crippen LogP contribution >= 0.6 is 0 Å². The molecule has 0 aliphatic carbocycles. The van der Waals surface area contributed by atoms with Crippen LogP contribution in [-0.2, 0) is 21.4 Å². The molecule has 0 unspecified atom stereocenters. The van der Waals surface area contributed by atoms with Crippen molar-refractivity contribution in [3.05, 3.63) is 12.4 Å². The second-order valence-electron chi connectivity index (χ2n) is 6.99. The summed E-state index contributed by atoms with van der Waals surface area (Å²) >= 11 is 0. The summed E-state index contributed by atoms with van der Waals surface area (Å²) in [4.78, 5) is 10.6. The molecule has 0 bridgehead atoms. The molecule has 8 heteroatoms. The van der Waals surface area contributed by atoms with Gasteiger partial charge >= 0.3 is 5.97 Å². The highest BCUT2D eigenvalue weighted by Crippen LogP contribution is 2.28. The normalized spacial score (nSPS) is 13.4. The second kappa shape index (κ2) is 5.76. The van der Waals surface area contributed by atoms with Gasteiger partial charge in [-0.3, -0.25) is 9.48 Å². The third-order valence-corrected chi connectivity index (χ3v) is 4.25. The minimum Gasteiger partial charge on any atom is -0.480 e. The van der Waals surface area contributed by atoms with Crippen LogP contribution in [0.4, 0.5) is 0 Å². The lowest BCUT2D eigenvalue weighted by Crippen LogP contribution is -2.45. The fourth-order valence-electron chi connectivity index (χ4n) is 2.49. The van der Waals surface area contributed by atoms with E-state index in [0.717, 1.165) is 10.9 Å². The maximum atomic E-state index is 12.3. The van der Waals surface area contributed by atoms with Crippen LogP contribution in [0.2, 0.25) is 0 Å². The molecule has 0 saturated carbocycles. The van der Waals surface area contributed by atoms with E-state index in [2.05, 4.69) is 9.82 Å². The van der Waals surface area contributed by atoms with Gasteiger partial charge in [0.2, 0.25) is 10.0 Å². The molecule has 2 N–H and O–H groups in total. The van der Waals surface area contributed by atoms with Gasteiger partial charge < -0.3 is 5.11 Å². The van der Waals surface area contributed by atoms with Crippen molar-refractivity contribution in [3.63, 3.8) is 0 Å². The van der Waals surface area contributed by atoms with Gasteiger partial charge in [-0.15, -0.1) is 0 Å². The molecule has 1 heterocycles. The van der Waals surface area contributed by atoms with Gasteiger partial charge in [0.05, 0.1) is 6.20 Å². The summed E-state index contributed by atoms with van der Waals surface area (Å²) in [5.74, 6) is -1.08. The highest BCUT2D eigenvalue weighted by molar-refractivity contribution is 7.89. The number of carbonyl (C=O) groups is 1. The van der Waals surface area contributed by atoms with Crippen molar-refractivity contribution in [2.75, 3.05) is 0 Å². The number of carboxylic acids is 1. The number of nitrogens with zero attached hydrogens (tertiary/aromatic N) is 2. The molecular formula is C13H23N3O4S. The van der Waals surface area contributed by atoms with E-state index in [4.69, 9.17) is 5.11 Å². The first-order chi connectivity index (χ1) is 9.31. The van der Waals surface area contributed by atoms with E-state index in [0.29, 0.717) is 6.42 Å². The summed E-state index contributed by atoms with van der Waals surface area (Å²) < 4.78 is 28.4. The van der Waals surface area contributed by atoms with Gasteiger partial charge in [0.25, 0.3) is 0 Å².